The highest BCUT2D eigenvalue weighted by atomic mass is 32.2. The number of anilines is 3. The van der Waals surface area contributed by atoms with E-state index in [1.807, 2.05) is 13.0 Å². The Kier molecular flexibility index (Phi) is 7.39. The number of carbonyl (C=O) groups excluding carboxylic acids is 1. The van der Waals surface area contributed by atoms with E-state index >= 15 is 0 Å². The summed E-state index contributed by atoms with van der Waals surface area (Å²) in [5.74, 6) is -0.245. The van der Waals surface area contributed by atoms with Crippen LogP contribution in [0.25, 0.3) is 0 Å². The lowest BCUT2D eigenvalue weighted by Crippen LogP contribution is -2.52. The Labute approximate surface area is 197 Å². The van der Waals surface area contributed by atoms with Gasteiger partial charge in [-0.05, 0) is 96.0 Å². The lowest BCUT2D eigenvalue weighted by molar-refractivity contribution is -0.0258. The summed E-state index contributed by atoms with van der Waals surface area (Å²) in [7, 11) is -3.43. The van der Waals surface area contributed by atoms with Crippen LogP contribution in [-0.4, -0.2) is 44.4 Å². The lowest BCUT2D eigenvalue weighted by Gasteiger charge is -2.43. The van der Waals surface area contributed by atoms with Crippen molar-refractivity contribution in [2.24, 2.45) is 0 Å². The van der Waals surface area contributed by atoms with Crippen LogP contribution in [0.5, 0.6) is 0 Å². The van der Waals surface area contributed by atoms with Gasteiger partial charge >= 0.3 is 0 Å². The average molecular weight is 474 g/mol. The molecule has 180 valence electrons. The highest BCUT2D eigenvalue weighted by Crippen LogP contribution is 2.33. The van der Waals surface area contributed by atoms with E-state index in [2.05, 4.69) is 48.7 Å². The second kappa shape index (κ2) is 9.73. The maximum atomic E-state index is 12.8. The minimum Gasteiger partial charge on any atom is -0.372 e. The van der Waals surface area contributed by atoms with Crippen molar-refractivity contribution in [1.29, 1.82) is 0 Å². The molecule has 2 aromatic rings. The van der Waals surface area contributed by atoms with Gasteiger partial charge in [-0.2, -0.15) is 0 Å². The number of carbonyl (C=O) groups is 1. The third-order valence-corrected chi connectivity index (χ3v) is 8.18. The van der Waals surface area contributed by atoms with E-state index in [1.54, 1.807) is 38.1 Å². The fraction of sp³-hybridized carbons (Fsp3) is 0.480. The minimum atomic E-state index is -3.43. The Hall–Kier alpha value is -2.58. The molecule has 1 fully saturated rings. The van der Waals surface area contributed by atoms with Gasteiger partial charge < -0.3 is 15.0 Å². The molecule has 2 N–H and O–H groups in total. The van der Waals surface area contributed by atoms with Gasteiger partial charge in [0.2, 0.25) is 10.0 Å². The first-order valence-corrected chi connectivity index (χ1v) is 12.9. The fourth-order valence-electron chi connectivity index (χ4n) is 3.96. The van der Waals surface area contributed by atoms with Crippen LogP contribution in [-0.2, 0) is 14.8 Å². The van der Waals surface area contributed by atoms with E-state index in [0.717, 1.165) is 29.0 Å². The molecule has 3 atom stereocenters. The van der Waals surface area contributed by atoms with Crippen LogP contribution in [0.3, 0.4) is 0 Å². The van der Waals surface area contributed by atoms with Gasteiger partial charge in [0.25, 0.3) is 5.91 Å². The van der Waals surface area contributed by atoms with Crippen LogP contribution in [0.4, 0.5) is 17.1 Å². The first-order chi connectivity index (χ1) is 15.4. The van der Waals surface area contributed by atoms with Crippen molar-refractivity contribution in [1.82, 2.24) is 0 Å². The minimum absolute atomic E-state index is 0.140. The Morgan fingerprint density at radius 3 is 2.27 bits per heavy atom. The predicted octanol–water partition coefficient (Wildman–Crippen LogP) is 4.71. The number of benzene rings is 2. The highest BCUT2D eigenvalue weighted by molar-refractivity contribution is 7.93. The Balaban J connectivity index is 1.76. The lowest BCUT2D eigenvalue weighted by atomic mass is 10.0. The number of amides is 1. The van der Waals surface area contributed by atoms with Gasteiger partial charge in [0.1, 0.15) is 0 Å². The number of hydrogen-bond donors (Lipinski definition) is 2. The van der Waals surface area contributed by atoms with Crippen LogP contribution in [0.15, 0.2) is 36.4 Å². The molecule has 8 heteroatoms. The molecule has 1 aliphatic heterocycles. The van der Waals surface area contributed by atoms with Gasteiger partial charge in [-0.15, -0.1) is 0 Å². The molecular formula is C25H35N3O4S. The molecule has 3 rings (SSSR count). The van der Waals surface area contributed by atoms with Gasteiger partial charge in [-0.1, -0.05) is 0 Å². The number of rotatable bonds is 6. The summed E-state index contributed by atoms with van der Waals surface area (Å²) in [5.41, 5.74) is 4.93. The molecule has 1 saturated heterocycles. The molecule has 0 aliphatic carbocycles. The second-order valence-corrected chi connectivity index (χ2v) is 11.4. The van der Waals surface area contributed by atoms with Crippen molar-refractivity contribution < 1.29 is 17.9 Å². The van der Waals surface area contributed by atoms with Crippen LogP contribution >= 0.6 is 0 Å². The summed E-state index contributed by atoms with van der Waals surface area (Å²) in [4.78, 5) is 15.2. The van der Waals surface area contributed by atoms with Gasteiger partial charge in [0.15, 0.2) is 0 Å². The zero-order valence-corrected chi connectivity index (χ0v) is 21.3. The third kappa shape index (κ3) is 5.50. The Morgan fingerprint density at radius 2 is 1.67 bits per heavy atom. The molecular weight excluding hydrogens is 438 g/mol. The summed E-state index contributed by atoms with van der Waals surface area (Å²) >= 11 is 0. The molecule has 1 aliphatic rings. The molecule has 0 spiro atoms. The molecule has 33 heavy (non-hydrogen) atoms. The second-order valence-electron chi connectivity index (χ2n) is 9.15. The van der Waals surface area contributed by atoms with Crippen molar-refractivity contribution >= 4 is 33.0 Å². The van der Waals surface area contributed by atoms with Gasteiger partial charge in [0, 0.05) is 29.2 Å². The maximum absolute atomic E-state index is 12.8. The van der Waals surface area contributed by atoms with Crippen molar-refractivity contribution in [3.63, 3.8) is 0 Å². The van der Waals surface area contributed by atoms with Gasteiger partial charge in [-0.25, -0.2) is 8.42 Å². The monoisotopic (exact) mass is 473 g/mol. The summed E-state index contributed by atoms with van der Waals surface area (Å²) in [5, 5.41) is 2.45. The van der Waals surface area contributed by atoms with Crippen LogP contribution in [0.1, 0.15) is 56.1 Å². The summed E-state index contributed by atoms with van der Waals surface area (Å²) < 4.78 is 32.5. The molecule has 1 heterocycles. The Morgan fingerprint density at radius 1 is 1.03 bits per heavy atom. The SMILES string of the molecule is Cc1c(NC(=O)c2ccc(NS(=O)(=O)C(C)C)cc2)ccc(N2C[C@H](C)O[C@H](C)C2C)c1C. The summed E-state index contributed by atoms with van der Waals surface area (Å²) in [6.45, 7) is 14.5. The number of nitrogens with zero attached hydrogens (tertiary/aromatic N) is 1. The van der Waals surface area contributed by atoms with Crippen LogP contribution in [0, 0.1) is 13.8 Å². The van der Waals surface area contributed by atoms with Gasteiger partial charge in [-0.3, -0.25) is 9.52 Å². The molecule has 7 nitrogen and oxygen atoms in total. The highest BCUT2D eigenvalue weighted by Gasteiger charge is 2.30. The summed E-state index contributed by atoms with van der Waals surface area (Å²) in [6, 6.07) is 10.7. The van der Waals surface area contributed by atoms with E-state index < -0.39 is 15.3 Å². The van der Waals surface area contributed by atoms with E-state index in [9.17, 15) is 13.2 Å². The quantitative estimate of drug-likeness (QED) is 0.635. The third-order valence-electron chi connectivity index (χ3n) is 6.42. The maximum Gasteiger partial charge on any atom is 0.255 e. The van der Waals surface area contributed by atoms with E-state index in [4.69, 9.17) is 4.74 Å². The topological polar surface area (TPSA) is 87.7 Å². The normalized spacial score (nSPS) is 21.2. The van der Waals surface area contributed by atoms with E-state index in [1.165, 1.54) is 0 Å². The fourth-order valence-corrected chi connectivity index (χ4v) is 4.66. The van der Waals surface area contributed by atoms with Crippen molar-refractivity contribution in [2.45, 2.75) is 72.0 Å². The molecule has 0 radical (unpaired) electrons. The molecule has 1 unspecified atom stereocenters. The van der Waals surface area contributed by atoms with Crippen molar-refractivity contribution in [3.8, 4) is 0 Å². The zero-order valence-electron chi connectivity index (χ0n) is 20.5. The number of morpholine rings is 1. The smallest absolute Gasteiger partial charge is 0.255 e. The van der Waals surface area contributed by atoms with Crippen molar-refractivity contribution in [2.75, 3.05) is 21.5 Å². The number of ether oxygens (including phenoxy) is 1. The predicted molar refractivity (Wildman–Crippen MR) is 135 cm³/mol. The number of sulfonamides is 1. The largest absolute Gasteiger partial charge is 0.372 e. The standard InChI is InChI=1S/C25H35N3O4S/c1-15(2)33(30,31)27-22-10-8-21(9-11-22)25(29)26-23-12-13-24(18(5)17(23)4)28-14-16(3)32-20(7)19(28)6/h8-13,15-16,19-20,27H,14H2,1-7H3,(H,26,29)/t16-,19?,20+/m0/s1. The molecule has 0 aromatic heterocycles. The van der Waals surface area contributed by atoms with Crippen LogP contribution in [0.2, 0.25) is 0 Å². The van der Waals surface area contributed by atoms with Gasteiger partial charge in [0.05, 0.1) is 23.5 Å². The molecule has 0 saturated carbocycles. The first-order valence-electron chi connectivity index (χ1n) is 11.4. The van der Waals surface area contributed by atoms with E-state index in [-0.39, 0.29) is 24.2 Å². The van der Waals surface area contributed by atoms with E-state index in [0.29, 0.717) is 11.3 Å². The molecule has 0 bridgehead atoms. The molecule has 2 aromatic carbocycles. The number of hydrogen-bond acceptors (Lipinski definition) is 5. The van der Waals surface area contributed by atoms with Crippen molar-refractivity contribution in [3.05, 3.63) is 53.1 Å². The van der Waals surface area contributed by atoms with Crippen LogP contribution < -0.4 is 14.9 Å². The Bertz CT molecular complexity index is 1110. The first kappa shape index (κ1) is 25.1. The number of nitrogens with one attached hydrogen (secondary N) is 2. The zero-order chi connectivity index (χ0) is 24.5. The summed E-state index contributed by atoms with van der Waals surface area (Å²) in [6.07, 6.45) is 0.295. The average Bonchev–Trinajstić information content (AvgIpc) is 2.74. The molecule has 1 amide bonds.